The first-order valence-corrected chi connectivity index (χ1v) is 7.22. The second-order valence-corrected chi connectivity index (χ2v) is 6.17. The van der Waals surface area contributed by atoms with Gasteiger partial charge in [-0.25, -0.2) is 0 Å². The number of hydrogen-bond donors (Lipinski definition) is 1. The van der Waals surface area contributed by atoms with Crippen molar-refractivity contribution in [3.63, 3.8) is 0 Å². The first kappa shape index (κ1) is 13.2. The average molecular weight is 272 g/mol. The molecule has 1 aliphatic heterocycles. The van der Waals surface area contributed by atoms with Crippen LogP contribution >= 0.6 is 0 Å². The Labute approximate surface area is 119 Å². The van der Waals surface area contributed by atoms with Gasteiger partial charge >= 0.3 is 0 Å². The van der Waals surface area contributed by atoms with Crippen LogP contribution in [-0.4, -0.2) is 18.4 Å². The molecule has 1 fully saturated rings. The third kappa shape index (κ3) is 1.90. The van der Waals surface area contributed by atoms with E-state index in [1.54, 1.807) is 0 Å². The van der Waals surface area contributed by atoms with Crippen LogP contribution in [0.25, 0.3) is 0 Å². The predicted molar refractivity (Wildman–Crippen MR) is 78.8 cm³/mol. The summed E-state index contributed by atoms with van der Waals surface area (Å²) in [6, 6.07) is 5.77. The highest BCUT2D eigenvalue weighted by molar-refractivity contribution is 6.08. The molecule has 0 aromatic heterocycles. The number of anilines is 2. The maximum Gasteiger partial charge on any atom is 0.237 e. The summed E-state index contributed by atoms with van der Waals surface area (Å²) in [6.07, 6.45) is 1.98. The van der Waals surface area contributed by atoms with Gasteiger partial charge in [0.2, 0.25) is 11.8 Å². The van der Waals surface area contributed by atoms with Crippen LogP contribution in [0, 0.1) is 5.92 Å². The van der Waals surface area contributed by atoms with Crippen LogP contribution in [0.15, 0.2) is 18.2 Å². The molecule has 106 valence electrons. The van der Waals surface area contributed by atoms with Gasteiger partial charge in [0, 0.05) is 23.8 Å². The van der Waals surface area contributed by atoms with Gasteiger partial charge in [-0.2, -0.15) is 0 Å². The summed E-state index contributed by atoms with van der Waals surface area (Å²) in [5.41, 5.74) is 2.23. The summed E-state index contributed by atoms with van der Waals surface area (Å²) in [7, 11) is 0. The fraction of sp³-hybridized carbons (Fsp3) is 0.500. The van der Waals surface area contributed by atoms with Crippen LogP contribution in [0.3, 0.4) is 0 Å². The Morgan fingerprint density at radius 1 is 1.40 bits per heavy atom. The number of nitrogens with zero attached hydrogens (tertiary/aromatic N) is 1. The summed E-state index contributed by atoms with van der Waals surface area (Å²) in [5, 5.41) is 2.95. The molecule has 3 rings (SSSR count). The van der Waals surface area contributed by atoms with E-state index < -0.39 is 5.41 Å². The Hall–Kier alpha value is -1.84. The highest BCUT2D eigenvalue weighted by atomic mass is 16.2. The third-order valence-electron chi connectivity index (χ3n) is 4.27. The molecular weight excluding hydrogens is 252 g/mol. The largest absolute Gasteiger partial charge is 0.326 e. The maximum absolute atomic E-state index is 12.4. The average Bonchev–Trinajstić information content (AvgIpc) is 3.22. The number of carbonyl (C=O) groups is 2. The van der Waals surface area contributed by atoms with Crippen molar-refractivity contribution in [2.24, 2.45) is 5.92 Å². The lowest BCUT2D eigenvalue weighted by Crippen LogP contribution is -2.35. The van der Waals surface area contributed by atoms with Gasteiger partial charge in [-0.1, -0.05) is 0 Å². The van der Waals surface area contributed by atoms with Crippen LogP contribution in [0.1, 0.15) is 39.2 Å². The minimum atomic E-state index is -0.522. The molecular formula is C16H20N2O2. The first-order chi connectivity index (χ1) is 9.45. The van der Waals surface area contributed by atoms with Crippen LogP contribution < -0.4 is 10.2 Å². The van der Waals surface area contributed by atoms with Gasteiger partial charge in [0.25, 0.3) is 0 Å². The Kier molecular flexibility index (Phi) is 2.85. The zero-order valence-corrected chi connectivity index (χ0v) is 12.2. The van der Waals surface area contributed by atoms with Gasteiger partial charge < -0.3 is 10.2 Å². The van der Waals surface area contributed by atoms with E-state index in [2.05, 4.69) is 5.32 Å². The number of fused-ring (bicyclic) bond motifs is 1. The zero-order valence-electron chi connectivity index (χ0n) is 12.2. The van der Waals surface area contributed by atoms with Gasteiger partial charge in [0.15, 0.2) is 0 Å². The van der Waals surface area contributed by atoms with Crippen molar-refractivity contribution < 1.29 is 9.59 Å². The summed E-state index contributed by atoms with van der Waals surface area (Å²) < 4.78 is 0. The smallest absolute Gasteiger partial charge is 0.237 e. The van der Waals surface area contributed by atoms with Crippen LogP contribution in [-0.2, 0) is 15.0 Å². The maximum atomic E-state index is 12.4. The summed E-state index contributed by atoms with van der Waals surface area (Å²) in [6.45, 7) is 6.53. The van der Waals surface area contributed by atoms with Gasteiger partial charge in [-0.15, -0.1) is 0 Å². The predicted octanol–water partition coefficient (Wildman–Crippen LogP) is 2.68. The summed E-state index contributed by atoms with van der Waals surface area (Å²) in [4.78, 5) is 26.0. The van der Waals surface area contributed by atoms with E-state index in [4.69, 9.17) is 0 Å². The Morgan fingerprint density at radius 2 is 2.10 bits per heavy atom. The normalized spacial score (nSPS) is 19.9. The standard InChI is InChI=1S/C16H20N2O2/c1-4-18-13-8-7-11(17-14(19)10-5-6-10)9-12(13)16(2,3)15(18)20/h7-10H,4-6H2,1-3H3,(H,17,19). The summed E-state index contributed by atoms with van der Waals surface area (Å²) >= 11 is 0. The second-order valence-electron chi connectivity index (χ2n) is 6.17. The van der Waals surface area contributed by atoms with Gasteiger partial charge in [0.1, 0.15) is 0 Å². The highest BCUT2D eigenvalue weighted by Gasteiger charge is 2.43. The number of amides is 2. The SMILES string of the molecule is CCN1C(=O)C(C)(C)c2cc(NC(=O)C3CC3)ccc21. The van der Waals surface area contributed by atoms with Crippen molar-refractivity contribution in [2.75, 3.05) is 16.8 Å². The number of benzene rings is 1. The molecule has 0 saturated heterocycles. The topological polar surface area (TPSA) is 49.4 Å². The molecule has 0 spiro atoms. The molecule has 0 bridgehead atoms. The Morgan fingerprint density at radius 3 is 2.70 bits per heavy atom. The van der Waals surface area contributed by atoms with E-state index >= 15 is 0 Å². The van der Waals surface area contributed by atoms with Crippen molar-refractivity contribution in [2.45, 2.75) is 39.0 Å². The third-order valence-corrected chi connectivity index (χ3v) is 4.27. The van der Waals surface area contributed by atoms with E-state index in [9.17, 15) is 9.59 Å². The molecule has 0 radical (unpaired) electrons. The van der Waals surface area contributed by atoms with E-state index in [0.717, 1.165) is 29.8 Å². The van der Waals surface area contributed by atoms with Crippen LogP contribution in [0.5, 0.6) is 0 Å². The molecule has 4 nitrogen and oxygen atoms in total. The Bertz CT molecular complexity index is 588. The highest BCUT2D eigenvalue weighted by Crippen LogP contribution is 2.42. The van der Waals surface area contributed by atoms with E-state index in [0.29, 0.717) is 6.54 Å². The van der Waals surface area contributed by atoms with Crippen molar-refractivity contribution in [1.82, 2.24) is 0 Å². The zero-order chi connectivity index (χ0) is 14.5. The van der Waals surface area contributed by atoms with Crippen LogP contribution in [0.4, 0.5) is 11.4 Å². The van der Waals surface area contributed by atoms with E-state index in [1.165, 1.54) is 0 Å². The second kappa shape index (κ2) is 4.33. The molecule has 4 heteroatoms. The molecule has 20 heavy (non-hydrogen) atoms. The quantitative estimate of drug-likeness (QED) is 0.919. The van der Waals surface area contributed by atoms with Crippen molar-refractivity contribution in [1.29, 1.82) is 0 Å². The molecule has 0 atom stereocenters. The van der Waals surface area contributed by atoms with E-state index in [1.807, 2.05) is 43.9 Å². The molecule has 1 aromatic rings. The fourth-order valence-corrected chi connectivity index (χ4v) is 2.82. The molecule has 1 saturated carbocycles. The Balaban J connectivity index is 1.94. The number of likely N-dealkylation sites (N-methyl/N-ethyl adjacent to an activating group) is 1. The minimum Gasteiger partial charge on any atom is -0.326 e. The lowest BCUT2D eigenvalue weighted by molar-refractivity contribution is -0.122. The fourth-order valence-electron chi connectivity index (χ4n) is 2.82. The van der Waals surface area contributed by atoms with Crippen molar-refractivity contribution >= 4 is 23.2 Å². The summed E-state index contributed by atoms with van der Waals surface area (Å²) in [5.74, 6) is 0.408. The molecule has 2 aliphatic rings. The molecule has 1 heterocycles. The molecule has 1 aromatic carbocycles. The van der Waals surface area contributed by atoms with E-state index in [-0.39, 0.29) is 17.7 Å². The first-order valence-electron chi connectivity index (χ1n) is 7.22. The lowest BCUT2D eigenvalue weighted by atomic mass is 9.86. The molecule has 2 amide bonds. The van der Waals surface area contributed by atoms with Gasteiger partial charge in [-0.05, 0) is 57.4 Å². The monoisotopic (exact) mass is 272 g/mol. The minimum absolute atomic E-state index is 0.0967. The van der Waals surface area contributed by atoms with Gasteiger partial charge in [0.05, 0.1) is 5.41 Å². The lowest BCUT2D eigenvalue weighted by Gasteiger charge is -2.18. The van der Waals surface area contributed by atoms with Crippen LogP contribution in [0.2, 0.25) is 0 Å². The van der Waals surface area contributed by atoms with Crippen molar-refractivity contribution in [3.05, 3.63) is 23.8 Å². The van der Waals surface area contributed by atoms with Crippen molar-refractivity contribution in [3.8, 4) is 0 Å². The molecule has 1 aliphatic carbocycles. The van der Waals surface area contributed by atoms with Gasteiger partial charge in [-0.3, -0.25) is 9.59 Å². The molecule has 0 unspecified atom stereocenters. The number of rotatable bonds is 3. The number of nitrogens with one attached hydrogen (secondary N) is 1. The number of hydrogen-bond acceptors (Lipinski definition) is 2. The molecule has 1 N–H and O–H groups in total. The number of carbonyl (C=O) groups excluding carboxylic acids is 2.